The molecule has 1 aliphatic heterocycles. The number of hydrogen-bond acceptors (Lipinski definition) is 2. The van der Waals surface area contributed by atoms with Crippen LogP contribution in [0.1, 0.15) is 18.4 Å². The minimum Gasteiger partial charge on any atom is -0.292 e. The van der Waals surface area contributed by atoms with Gasteiger partial charge in [-0.1, -0.05) is 46.9 Å². The molecule has 1 atom stereocenters. The highest BCUT2D eigenvalue weighted by Gasteiger charge is 2.11. The van der Waals surface area contributed by atoms with E-state index in [0.717, 1.165) is 23.4 Å². The van der Waals surface area contributed by atoms with Gasteiger partial charge in [-0.25, -0.2) is 4.99 Å². The van der Waals surface area contributed by atoms with Crippen molar-refractivity contribution in [2.45, 2.75) is 12.8 Å². The van der Waals surface area contributed by atoms with Crippen LogP contribution in [0.2, 0.25) is 5.02 Å². The van der Waals surface area contributed by atoms with E-state index in [1.807, 2.05) is 36.6 Å². The Hall–Kier alpha value is -0.830. The molecule has 2 rings (SSSR count). The Bertz CT molecular complexity index is 518. The second kappa shape index (κ2) is 7.09. The monoisotopic (exact) mass is 314 g/mol. The maximum Gasteiger partial charge on any atom is 0.126 e. The van der Waals surface area contributed by atoms with Crippen LogP contribution >= 0.6 is 34.8 Å². The van der Waals surface area contributed by atoms with Gasteiger partial charge in [0.05, 0.1) is 0 Å². The molecular formula is C14H13Cl3N2. The van der Waals surface area contributed by atoms with Gasteiger partial charge < -0.3 is 0 Å². The summed E-state index contributed by atoms with van der Waals surface area (Å²) in [5.41, 5.74) is 1.03. The van der Waals surface area contributed by atoms with Crippen LogP contribution in [0.4, 0.5) is 0 Å². The van der Waals surface area contributed by atoms with E-state index < -0.39 is 0 Å². The summed E-state index contributed by atoms with van der Waals surface area (Å²) < 4.78 is 0. The molecule has 1 aromatic rings. The highest BCUT2D eigenvalue weighted by molar-refractivity contribution is 6.65. The Morgan fingerprint density at radius 2 is 1.95 bits per heavy atom. The highest BCUT2D eigenvalue weighted by atomic mass is 35.5. The minimum atomic E-state index is 0.274. The van der Waals surface area contributed by atoms with Crippen LogP contribution in [0.5, 0.6) is 0 Å². The molecule has 0 bridgehead atoms. The second-order valence-corrected chi connectivity index (χ2v) is 5.58. The van der Waals surface area contributed by atoms with Crippen LogP contribution in [0.3, 0.4) is 0 Å². The zero-order chi connectivity index (χ0) is 13.7. The Morgan fingerprint density at radius 1 is 1.21 bits per heavy atom. The number of aliphatic imine (C=N–C) groups is 2. The largest absolute Gasteiger partial charge is 0.292 e. The van der Waals surface area contributed by atoms with Gasteiger partial charge in [0, 0.05) is 30.1 Å². The zero-order valence-electron chi connectivity index (χ0n) is 10.2. The SMILES string of the molecule is ClC1=CC(CN=Cc2ccc(Cl)cc2)CCC(Cl)=N1. The third kappa shape index (κ3) is 4.98. The smallest absolute Gasteiger partial charge is 0.126 e. The van der Waals surface area contributed by atoms with Gasteiger partial charge in [0.2, 0.25) is 0 Å². The van der Waals surface area contributed by atoms with Crippen LogP contribution < -0.4 is 0 Å². The number of halogens is 3. The van der Waals surface area contributed by atoms with Crippen molar-refractivity contribution in [3.8, 4) is 0 Å². The Labute approximate surface area is 127 Å². The summed E-state index contributed by atoms with van der Waals surface area (Å²) in [4.78, 5) is 8.48. The molecule has 0 aliphatic carbocycles. The molecule has 1 aliphatic rings. The van der Waals surface area contributed by atoms with Crippen molar-refractivity contribution >= 4 is 46.2 Å². The summed E-state index contributed by atoms with van der Waals surface area (Å²) in [5, 5.41) is 1.74. The third-order valence-electron chi connectivity index (χ3n) is 2.77. The lowest BCUT2D eigenvalue weighted by molar-refractivity contribution is 0.625. The van der Waals surface area contributed by atoms with Crippen LogP contribution in [0.15, 0.2) is 45.5 Å². The summed E-state index contributed by atoms with van der Waals surface area (Å²) in [6, 6.07) is 7.56. The molecule has 0 N–H and O–H groups in total. The summed E-state index contributed by atoms with van der Waals surface area (Å²) in [5.74, 6) is 0.274. The predicted molar refractivity (Wildman–Crippen MR) is 83.9 cm³/mol. The molecule has 2 nitrogen and oxygen atoms in total. The lowest BCUT2D eigenvalue weighted by Gasteiger charge is -2.06. The van der Waals surface area contributed by atoms with Gasteiger partial charge in [-0.05, 0) is 30.2 Å². The topological polar surface area (TPSA) is 24.7 Å². The van der Waals surface area contributed by atoms with Gasteiger partial charge in [-0.15, -0.1) is 0 Å². The molecular weight excluding hydrogens is 303 g/mol. The molecule has 0 radical (unpaired) electrons. The average molecular weight is 316 g/mol. The molecule has 5 heteroatoms. The average Bonchev–Trinajstić information content (AvgIpc) is 2.53. The van der Waals surface area contributed by atoms with E-state index in [-0.39, 0.29) is 5.92 Å². The number of rotatable bonds is 3. The van der Waals surface area contributed by atoms with E-state index in [2.05, 4.69) is 9.98 Å². The van der Waals surface area contributed by atoms with E-state index in [9.17, 15) is 0 Å². The summed E-state index contributed by atoms with van der Waals surface area (Å²) in [7, 11) is 0. The first-order chi connectivity index (χ1) is 9.13. The lowest BCUT2D eigenvalue weighted by Crippen LogP contribution is -2.02. The van der Waals surface area contributed by atoms with Gasteiger partial charge in [-0.2, -0.15) is 0 Å². The fraction of sp³-hybridized carbons (Fsp3) is 0.286. The fourth-order valence-electron chi connectivity index (χ4n) is 1.78. The molecule has 1 unspecified atom stereocenters. The van der Waals surface area contributed by atoms with Crippen LogP contribution in [0, 0.1) is 5.92 Å². The van der Waals surface area contributed by atoms with E-state index in [4.69, 9.17) is 34.8 Å². The summed E-state index contributed by atoms with van der Waals surface area (Å²) in [6.07, 6.45) is 5.41. The molecule has 0 amide bonds. The molecule has 0 aromatic heterocycles. The van der Waals surface area contributed by atoms with Crippen molar-refractivity contribution in [3.63, 3.8) is 0 Å². The van der Waals surface area contributed by atoms with Crippen molar-refractivity contribution in [1.29, 1.82) is 0 Å². The molecule has 0 saturated carbocycles. The van der Waals surface area contributed by atoms with Crippen LogP contribution in [0.25, 0.3) is 0 Å². The minimum absolute atomic E-state index is 0.274. The normalized spacial score (nSPS) is 20.1. The molecule has 1 aromatic carbocycles. The molecule has 100 valence electrons. The Kier molecular flexibility index (Phi) is 5.44. The molecule has 0 saturated heterocycles. The van der Waals surface area contributed by atoms with E-state index >= 15 is 0 Å². The van der Waals surface area contributed by atoms with E-state index in [1.165, 1.54) is 0 Å². The predicted octanol–water partition coefficient (Wildman–Crippen LogP) is 4.89. The van der Waals surface area contributed by atoms with Crippen molar-refractivity contribution in [3.05, 3.63) is 46.1 Å². The molecule has 1 heterocycles. The third-order valence-corrected chi connectivity index (χ3v) is 3.51. The molecule has 0 spiro atoms. The van der Waals surface area contributed by atoms with E-state index in [1.54, 1.807) is 0 Å². The summed E-state index contributed by atoms with van der Waals surface area (Å²) in [6.45, 7) is 0.679. The second-order valence-electron chi connectivity index (χ2n) is 4.32. The van der Waals surface area contributed by atoms with Crippen molar-refractivity contribution in [2.75, 3.05) is 6.54 Å². The van der Waals surface area contributed by atoms with Gasteiger partial charge in [-0.3, -0.25) is 4.99 Å². The Balaban J connectivity index is 1.92. The highest BCUT2D eigenvalue weighted by Crippen LogP contribution is 2.21. The van der Waals surface area contributed by atoms with E-state index in [0.29, 0.717) is 16.9 Å². The maximum atomic E-state index is 5.95. The van der Waals surface area contributed by atoms with Gasteiger partial charge in [0.15, 0.2) is 0 Å². The first-order valence-corrected chi connectivity index (χ1v) is 7.12. The zero-order valence-corrected chi connectivity index (χ0v) is 12.5. The van der Waals surface area contributed by atoms with Crippen molar-refractivity contribution < 1.29 is 0 Å². The van der Waals surface area contributed by atoms with Crippen LogP contribution in [-0.2, 0) is 0 Å². The van der Waals surface area contributed by atoms with Gasteiger partial charge >= 0.3 is 0 Å². The molecule has 19 heavy (non-hydrogen) atoms. The number of hydrogen-bond donors (Lipinski definition) is 0. The standard InChI is InChI=1S/C14H13Cl3N2/c15-12-4-1-10(2-5-12)8-18-9-11-3-6-13(16)19-14(17)7-11/h1-2,4-5,7-8,11H,3,6,9H2. The number of benzene rings is 1. The fourth-order valence-corrected chi connectivity index (χ4v) is 2.43. The Morgan fingerprint density at radius 3 is 2.68 bits per heavy atom. The van der Waals surface area contributed by atoms with Crippen molar-refractivity contribution in [2.24, 2.45) is 15.9 Å². The van der Waals surface area contributed by atoms with Gasteiger partial charge in [0.1, 0.15) is 10.3 Å². The summed E-state index contributed by atoms with van der Waals surface area (Å²) >= 11 is 17.7. The number of nitrogens with zero attached hydrogens (tertiary/aromatic N) is 2. The quantitative estimate of drug-likeness (QED) is 0.560. The van der Waals surface area contributed by atoms with Gasteiger partial charge in [0.25, 0.3) is 0 Å². The first kappa shape index (κ1) is 14.6. The molecule has 0 fully saturated rings. The van der Waals surface area contributed by atoms with Crippen molar-refractivity contribution in [1.82, 2.24) is 0 Å². The lowest BCUT2D eigenvalue weighted by atomic mass is 10.0. The first-order valence-electron chi connectivity index (χ1n) is 5.99. The van der Waals surface area contributed by atoms with Crippen LogP contribution in [-0.4, -0.2) is 17.9 Å². The maximum absolute atomic E-state index is 5.95.